The standard InChI is InChI=1S/C14H17BrN4O/c15-8-1-6-12-11(7-8)13(19-18-12)14(20)17-10-4-2-9(16)3-5-10/h1,6-7,9-10H,2-5,16H2,(H,17,20)(H,18,19). The highest BCUT2D eigenvalue weighted by Gasteiger charge is 2.22. The van der Waals surface area contributed by atoms with Gasteiger partial charge in [0.15, 0.2) is 5.69 Å². The van der Waals surface area contributed by atoms with Crippen LogP contribution in [0.2, 0.25) is 0 Å². The molecule has 1 amide bonds. The number of nitrogens with one attached hydrogen (secondary N) is 2. The van der Waals surface area contributed by atoms with Crippen LogP contribution in [-0.4, -0.2) is 28.2 Å². The van der Waals surface area contributed by atoms with Gasteiger partial charge in [0.2, 0.25) is 0 Å². The van der Waals surface area contributed by atoms with Gasteiger partial charge in [0.1, 0.15) is 0 Å². The molecule has 1 heterocycles. The van der Waals surface area contributed by atoms with Crippen LogP contribution in [0.5, 0.6) is 0 Å². The number of nitrogens with two attached hydrogens (primary N) is 1. The van der Waals surface area contributed by atoms with Crippen molar-refractivity contribution in [2.24, 2.45) is 5.73 Å². The van der Waals surface area contributed by atoms with Gasteiger partial charge < -0.3 is 11.1 Å². The molecule has 1 aliphatic rings. The summed E-state index contributed by atoms with van der Waals surface area (Å²) in [7, 11) is 0. The summed E-state index contributed by atoms with van der Waals surface area (Å²) in [5, 5.41) is 10.9. The van der Waals surface area contributed by atoms with Crippen LogP contribution < -0.4 is 11.1 Å². The van der Waals surface area contributed by atoms with Crippen molar-refractivity contribution in [1.82, 2.24) is 15.5 Å². The molecule has 0 radical (unpaired) electrons. The van der Waals surface area contributed by atoms with Crippen LogP contribution in [0.15, 0.2) is 22.7 Å². The largest absolute Gasteiger partial charge is 0.348 e. The molecule has 0 aliphatic heterocycles. The zero-order valence-corrected chi connectivity index (χ0v) is 12.6. The summed E-state index contributed by atoms with van der Waals surface area (Å²) in [4.78, 5) is 12.3. The van der Waals surface area contributed by atoms with E-state index < -0.39 is 0 Å². The molecule has 1 saturated carbocycles. The number of amides is 1. The minimum Gasteiger partial charge on any atom is -0.348 e. The number of halogens is 1. The van der Waals surface area contributed by atoms with Crippen LogP contribution in [-0.2, 0) is 0 Å². The van der Waals surface area contributed by atoms with E-state index in [1.54, 1.807) is 0 Å². The van der Waals surface area contributed by atoms with Crippen LogP contribution in [0.1, 0.15) is 36.2 Å². The molecule has 2 aromatic rings. The van der Waals surface area contributed by atoms with E-state index in [4.69, 9.17) is 5.73 Å². The molecule has 1 fully saturated rings. The number of hydrogen-bond acceptors (Lipinski definition) is 3. The second-order valence-electron chi connectivity index (χ2n) is 5.35. The molecule has 0 saturated heterocycles. The molecule has 1 aromatic heterocycles. The molecule has 6 heteroatoms. The van der Waals surface area contributed by atoms with Crippen molar-refractivity contribution in [1.29, 1.82) is 0 Å². The van der Waals surface area contributed by atoms with Crippen molar-refractivity contribution in [3.05, 3.63) is 28.4 Å². The summed E-state index contributed by atoms with van der Waals surface area (Å²) >= 11 is 3.42. The van der Waals surface area contributed by atoms with E-state index in [2.05, 4.69) is 31.4 Å². The third-order valence-corrected chi connectivity index (χ3v) is 4.34. The number of H-pyrrole nitrogens is 1. The van der Waals surface area contributed by atoms with Gasteiger partial charge in [-0.15, -0.1) is 0 Å². The van der Waals surface area contributed by atoms with Gasteiger partial charge in [-0.25, -0.2) is 0 Å². The maximum Gasteiger partial charge on any atom is 0.272 e. The number of rotatable bonds is 2. The Hall–Kier alpha value is -1.40. The molecule has 4 N–H and O–H groups in total. The lowest BCUT2D eigenvalue weighted by atomic mass is 9.92. The first kappa shape index (κ1) is 13.6. The number of hydrogen-bond donors (Lipinski definition) is 3. The number of benzene rings is 1. The van der Waals surface area contributed by atoms with Gasteiger partial charge in [0.05, 0.1) is 5.52 Å². The van der Waals surface area contributed by atoms with Gasteiger partial charge >= 0.3 is 0 Å². The maximum absolute atomic E-state index is 12.3. The first-order valence-electron chi connectivity index (χ1n) is 6.83. The lowest BCUT2D eigenvalue weighted by Crippen LogP contribution is -2.40. The topological polar surface area (TPSA) is 83.8 Å². The fourth-order valence-electron chi connectivity index (χ4n) is 2.68. The SMILES string of the molecule is NC1CCC(NC(=O)c2n[nH]c3ccc(Br)cc23)CC1. The van der Waals surface area contributed by atoms with Crippen LogP contribution in [0.3, 0.4) is 0 Å². The predicted octanol–water partition coefficient (Wildman–Crippen LogP) is 2.33. The summed E-state index contributed by atoms with van der Waals surface area (Å²) in [5.41, 5.74) is 7.20. The van der Waals surface area contributed by atoms with Gasteiger partial charge in [-0.3, -0.25) is 9.89 Å². The van der Waals surface area contributed by atoms with Gasteiger partial charge in [0, 0.05) is 21.9 Å². The average molecular weight is 337 g/mol. The second-order valence-corrected chi connectivity index (χ2v) is 6.26. The normalized spacial score (nSPS) is 22.9. The Labute approximate surface area is 125 Å². The minimum atomic E-state index is -0.116. The first-order valence-corrected chi connectivity index (χ1v) is 7.63. The van der Waals surface area contributed by atoms with Crippen molar-refractivity contribution >= 4 is 32.7 Å². The Bertz CT molecular complexity index is 631. The molecule has 0 spiro atoms. The van der Waals surface area contributed by atoms with E-state index in [9.17, 15) is 4.79 Å². The summed E-state index contributed by atoms with van der Waals surface area (Å²) in [6.45, 7) is 0. The summed E-state index contributed by atoms with van der Waals surface area (Å²) in [6, 6.07) is 6.23. The Morgan fingerprint density at radius 3 is 2.85 bits per heavy atom. The van der Waals surface area contributed by atoms with Crippen molar-refractivity contribution in [2.45, 2.75) is 37.8 Å². The highest BCUT2D eigenvalue weighted by atomic mass is 79.9. The summed E-state index contributed by atoms with van der Waals surface area (Å²) in [6.07, 6.45) is 3.83. The molecule has 5 nitrogen and oxygen atoms in total. The molecule has 3 rings (SSSR count). The van der Waals surface area contributed by atoms with E-state index in [0.29, 0.717) is 5.69 Å². The van der Waals surface area contributed by atoms with E-state index in [0.717, 1.165) is 41.1 Å². The Morgan fingerprint density at radius 2 is 2.10 bits per heavy atom. The third kappa shape index (κ3) is 2.71. The van der Waals surface area contributed by atoms with Crippen LogP contribution in [0, 0.1) is 0 Å². The van der Waals surface area contributed by atoms with Gasteiger partial charge in [-0.1, -0.05) is 15.9 Å². The van der Waals surface area contributed by atoms with E-state index in [1.807, 2.05) is 18.2 Å². The molecular weight excluding hydrogens is 320 g/mol. The van der Waals surface area contributed by atoms with Crippen molar-refractivity contribution < 1.29 is 4.79 Å². The summed E-state index contributed by atoms with van der Waals surface area (Å²) in [5.74, 6) is -0.116. The smallest absolute Gasteiger partial charge is 0.272 e. The number of carbonyl (C=O) groups is 1. The molecule has 1 aliphatic carbocycles. The highest BCUT2D eigenvalue weighted by molar-refractivity contribution is 9.10. The number of fused-ring (bicyclic) bond motifs is 1. The monoisotopic (exact) mass is 336 g/mol. The molecule has 0 bridgehead atoms. The number of aromatic amines is 1. The van der Waals surface area contributed by atoms with Crippen LogP contribution in [0.25, 0.3) is 10.9 Å². The van der Waals surface area contributed by atoms with E-state index in [1.165, 1.54) is 0 Å². The number of nitrogens with zero attached hydrogens (tertiary/aromatic N) is 1. The van der Waals surface area contributed by atoms with Gasteiger partial charge in [-0.2, -0.15) is 5.10 Å². The van der Waals surface area contributed by atoms with Gasteiger partial charge in [0.25, 0.3) is 5.91 Å². The van der Waals surface area contributed by atoms with Crippen LogP contribution in [0.4, 0.5) is 0 Å². The quantitative estimate of drug-likeness (QED) is 0.786. The van der Waals surface area contributed by atoms with Gasteiger partial charge in [-0.05, 0) is 43.9 Å². The van der Waals surface area contributed by atoms with Crippen LogP contribution >= 0.6 is 15.9 Å². The van der Waals surface area contributed by atoms with E-state index in [-0.39, 0.29) is 18.0 Å². The lowest BCUT2D eigenvalue weighted by Gasteiger charge is -2.26. The van der Waals surface area contributed by atoms with E-state index >= 15 is 0 Å². The third-order valence-electron chi connectivity index (χ3n) is 3.85. The molecule has 0 unspecified atom stereocenters. The predicted molar refractivity (Wildman–Crippen MR) is 81.5 cm³/mol. The fraction of sp³-hybridized carbons (Fsp3) is 0.429. The molecule has 106 valence electrons. The summed E-state index contributed by atoms with van der Waals surface area (Å²) < 4.78 is 0.934. The minimum absolute atomic E-state index is 0.116. The number of carbonyl (C=O) groups excluding carboxylic acids is 1. The zero-order valence-electron chi connectivity index (χ0n) is 11.0. The second kappa shape index (κ2) is 5.54. The molecule has 20 heavy (non-hydrogen) atoms. The Balaban J connectivity index is 1.77. The number of aromatic nitrogens is 2. The zero-order chi connectivity index (χ0) is 14.1. The fourth-order valence-corrected chi connectivity index (χ4v) is 3.04. The lowest BCUT2D eigenvalue weighted by molar-refractivity contribution is 0.0922. The molecule has 1 aromatic carbocycles. The Morgan fingerprint density at radius 1 is 1.35 bits per heavy atom. The molecule has 0 atom stereocenters. The van der Waals surface area contributed by atoms with Crippen molar-refractivity contribution in [3.8, 4) is 0 Å². The maximum atomic E-state index is 12.3. The van der Waals surface area contributed by atoms with Crippen molar-refractivity contribution in [3.63, 3.8) is 0 Å². The Kier molecular flexibility index (Phi) is 3.76. The average Bonchev–Trinajstić information content (AvgIpc) is 2.84. The highest BCUT2D eigenvalue weighted by Crippen LogP contribution is 2.22. The van der Waals surface area contributed by atoms with Crippen molar-refractivity contribution in [2.75, 3.05) is 0 Å². The first-order chi connectivity index (χ1) is 9.63. The molecular formula is C14H17BrN4O.